The first kappa shape index (κ1) is 6.82. The molecule has 2 rings (SSSR count). The lowest BCUT2D eigenvalue weighted by molar-refractivity contribution is 0.174. The second kappa shape index (κ2) is 2.64. The molecule has 1 aliphatic heterocycles. The molecule has 0 atom stereocenters. The van der Waals surface area contributed by atoms with Gasteiger partial charge in [-0.15, -0.1) is 0 Å². The number of rotatable bonds is 1. The molecule has 0 spiro atoms. The molecule has 0 amide bonds. The molecule has 0 bridgehead atoms. The Kier molecular flexibility index (Phi) is 1.63. The van der Waals surface area contributed by atoms with Gasteiger partial charge < -0.3 is 14.0 Å². The minimum atomic E-state index is 0.273. The van der Waals surface area contributed by atoms with Gasteiger partial charge in [-0.2, -0.15) is 0 Å². The molecule has 11 heavy (non-hydrogen) atoms. The van der Waals surface area contributed by atoms with E-state index in [4.69, 9.17) is 14.0 Å². The molecule has 0 aliphatic carbocycles. The fourth-order valence-electron chi connectivity index (χ4n) is 0.934. The van der Waals surface area contributed by atoms with Crippen molar-refractivity contribution in [1.29, 1.82) is 0 Å². The van der Waals surface area contributed by atoms with Gasteiger partial charge in [0.25, 0.3) is 0 Å². The van der Waals surface area contributed by atoms with Crippen molar-refractivity contribution in [2.45, 2.75) is 4.90 Å². The van der Waals surface area contributed by atoms with E-state index in [9.17, 15) is 0 Å². The third kappa shape index (κ3) is 1.15. The lowest BCUT2D eigenvalue weighted by atomic mass is 10.3. The van der Waals surface area contributed by atoms with Crippen molar-refractivity contribution in [1.82, 2.24) is 0 Å². The molecule has 1 N–H and O–H groups in total. The zero-order chi connectivity index (χ0) is 7.68. The van der Waals surface area contributed by atoms with E-state index in [-0.39, 0.29) is 6.79 Å². The second-order valence-corrected chi connectivity index (χ2v) is 2.76. The van der Waals surface area contributed by atoms with Crippen molar-refractivity contribution >= 4 is 12.0 Å². The summed E-state index contributed by atoms with van der Waals surface area (Å²) in [6, 6.07) is 5.30. The van der Waals surface area contributed by atoms with E-state index >= 15 is 0 Å². The van der Waals surface area contributed by atoms with Crippen LogP contribution in [0.5, 0.6) is 11.5 Å². The van der Waals surface area contributed by atoms with E-state index in [2.05, 4.69) is 0 Å². The molecule has 58 valence electrons. The predicted octanol–water partition coefficient (Wildman–Crippen LogP) is 1.98. The van der Waals surface area contributed by atoms with E-state index in [0.29, 0.717) is 17.8 Å². The normalized spacial score (nSPS) is 13.5. The average Bonchev–Trinajstić information content (AvgIpc) is 2.50. The quantitative estimate of drug-likeness (QED) is 0.654. The number of ether oxygens (including phenoxy) is 2. The van der Waals surface area contributed by atoms with Crippen LogP contribution in [-0.2, 0) is 0 Å². The van der Waals surface area contributed by atoms with Crippen molar-refractivity contribution in [3.05, 3.63) is 18.2 Å². The first-order valence-corrected chi connectivity index (χ1v) is 3.88. The van der Waals surface area contributed by atoms with Crippen LogP contribution >= 0.6 is 12.0 Å². The summed E-state index contributed by atoms with van der Waals surface area (Å²) >= 11 is 0.699. The minimum Gasteiger partial charge on any atom is -0.454 e. The van der Waals surface area contributed by atoms with Gasteiger partial charge >= 0.3 is 0 Å². The summed E-state index contributed by atoms with van der Waals surface area (Å²) in [4.78, 5) is 0.759. The van der Waals surface area contributed by atoms with Crippen molar-refractivity contribution in [2.24, 2.45) is 0 Å². The summed E-state index contributed by atoms with van der Waals surface area (Å²) in [5.41, 5.74) is 0. The van der Waals surface area contributed by atoms with Crippen molar-refractivity contribution in [3.8, 4) is 11.5 Å². The first-order valence-electron chi connectivity index (χ1n) is 3.11. The van der Waals surface area contributed by atoms with Crippen LogP contribution in [0.25, 0.3) is 0 Å². The largest absolute Gasteiger partial charge is 0.454 e. The van der Waals surface area contributed by atoms with Crippen LogP contribution in [0, 0.1) is 0 Å². The first-order chi connectivity index (χ1) is 5.40. The summed E-state index contributed by atoms with van der Waals surface area (Å²) in [5.74, 6) is 1.44. The molecule has 0 aromatic heterocycles. The van der Waals surface area contributed by atoms with Gasteiger partial charge in [0.2, 0.25) is 6.79 Å². The third-order valence-corrected chi connectivity index (χ3v) is 1.91. The maximum absolute atomic E-state index is 8.69. The fraction of sp³-hybridized carbons (Fsp3) is 0.143. The van der Waals surface area contributed by atoms with Crippen molar-refractivity contribution < 1.29 is 14.0 Å². The third-order valence-electron chi connectivity index (χ3n) is 1.45. The second-order valence-electron chi connectivity index (χ2n) is 2.11. The average molecular weight is 170 g/mol. The maximum Gasteiger partial charge on any atom is 0.231 e. The zero-order valence-electron chi connectivity index (χ0n) is 5.61. The van der Waals surface area contributed by atoms with Crippen LogP contribution in [0.15, 0.2) is 23.1 Å². The van der Waals surface area contributed by atoms with Gasteiger partial charge in [0.05, 0.1) is 0 Å². The monoisotopic (exact) mass is 170 g/mol. The Morgan fingerprint density at radius 1 is 1.27 bits per heavy atom. The zero-order valence-corrected chi connectivity index (χ0v) is 6.43. The highest BCUT2D eigenvalue weighted by atomic mass is 32.2. The summed E-state index contributed by atoms with van der Waals surface area (Å²) in [6.07, 6.45) is 0. The van der Waals surface area contributed by atoms with E-state index in [1.54, 1.807) is 18.2 Å². The lowest BCUT2D eigenvalue weighted by Gasteiger charge is -1.96. The number of fused-ring (bicyclic) bond motifs is 1. The van der Waals surface area contributed by atoms with Gasteiger partial charge in [0.1, 0.15) is 0 Å². The Labute approximate surface area is 68.1 Å². The Morgan fingerprint density at radius 2 is 2.09 bits per heavy atom. The van der Waals surface area contributed by atoms with Gasteiger partial charge in [-0.25, -0.2) is 0 Å². The lowest BCUT2D eigenvalue weighted by Crippen LogP contribution is -1.92. The Balaban J connectivity index is 2.41. The number of benzene rings is 1. The Hall–Kier alpha value is -0.870. The molecule has 0 saturated carbocycles. The predicted molar refractivity (Wildman–Crippen MR) is 41.1 cm³/mol. The van der Waals surface area contributed by atoms with Crippen molar-refractivity contribution in [2.75, 3.05) is 6.79 Å². The molecule has 1 aromatic rings. The highest BCUT2D eigenvalue weighted by molar-refractivity contribution is 7.93. The summed E-state index contributed by atoms with van der Waals surface area (Å²) in [7, 11) is 0. The van der Waals surface area contributed by atoms with Crippen LogP contribution in [0.1, 0.15) is 0 Å². The van der Waals surface area contributed by atoms with Crippen molar-refractivity contribution in [3.63, 3.8) is 0 Å². The highest BCUT2D eigenvalue weighted by Gasteiger charge is 2.12. The Morgan fingerprint density at radius 3 is 2.91 bits per heavy atom. The molecule has 4 heteroatoms. The molecular formula is C7H6O3S. The van der Waals surface area contributed by atoms with Crippen LogP contribution in [0.4, 0.5) is 0 Å². The highest BCUT2D eigenvalue weighted by Crippen LogP contribution is 2.34. The SMILES string of the molecule is OSc1ccc2c(c1)OCO2. The summed E-state index contributed by atoms with van der Waals surface area (Å²) < 4.78 is 18.9. The molecular weight excluding hydrogens is 164 g/mol. The van der Waals surface area contributed by atoms with E-state index in [1.807, 2.05) is 0 Å². The summed E-state index contributed by atoms with van der Waals surface area (Å²) in [6.45, 7) is 0.273. The van der Waals surface area contributed by atoms with Crippen LogP contribution in [0.2, 0.25) is 0 Å². The maximum atomic E-state index is 8.69. The summed E-state index contributed by atoms with van der Waals surface area (Å²) in [5, 5.41) is 0. The number of hydrogen-bond acceptors (Lipinski definition) is 4. The van der Waals surface area contributed by atoms with Gasteiger partial charge in [0, 0.05) is 23.0 Å². The van der Waals surface area contributed by atoms with Gasteiger partial charge in [-0.1, -0.05) is 0 Å². The topological polar surface area (TPSA) is 38.7 Å². The molecule has 1 aliphatic rings. The minimum absolute atomic E-state index is 0.273. The molecule has 1 heterocycles. The van der Waals surface area contributed by atoms with E-state index in [1.165, 1.54) is 0 Å². The standard InChI is InChI=1S/C7H6O3S/c8-11-5-1-2-6-7(3-5)10-4-9-6/h1-3,8H,4H2. The van der Waals surface area contributed by atoms with Gasteiger partial charge in [0.15, 0.2) is 11.5 Å². The van der Waals surface area contributed by atoms with Gasteiger partial charge in [-0.05, 0) is 12.1 Å². The number of hydrogen-bond donors (Lipinski definition) is 1. The van der Waals surface area contributed by atoms with Crippen LogP contribution in [-0.4, -0.2) is 11.3 Å². The molecule has 3 nitrogen and oxygen atoms in total. The molecule has 0 unspecified atom stereocenters. The molecule has 0 fully saturated rings. The van der Waals surface area contributed by atoms with Crippen LogP contribution in [0.3, 0.4) is 0 Å². The fourth-order valence-corrected chi connectivity index (χ4v) is 1.22. The molecule has 0 saturated heterocycles. The van der Waals surface area contributed by atoms with Crippen LogP contribution < -0.4 is 9.47 Å². The van der Waals surface area contributed by atoms with Gasteiger partial charge in [-0.3, -0.25) is 0 Å². The molecule has 0 radical (unpaired) electrons. The molecule has 1 aromatic carbocycles. The van der Waals surface area contributed by atoms with E-state index < -0.39 is 0 Å². The Bertz CT molecular complexity index is 274. The van der Waals surface area contributed by atoms with E-state index in [0.717, 1.165) is 10.6 Å². The smallest absolute Gasteiger partial charge is 0.231 e.